The number of fused-ring (bicyclic) bond motifs is 1. The van der Waals surface area contributed by atoms with Gasteiger partial charge in [0.15, 0.2) is 23.0 Å². The quantitative estimate of drug-likeness (QED) is 0.320. The summed E-state index contributed by atoms with van der Waals surface area (Å²) in [5.74, 6) is 2.61. The van der Waals surface area contributed by atoms with Crippen LogP contribution in [0.2, 0.25) is 5.02 Å². The number of benzene rings is 3. The molecule has 0 unspecified atom stereocenters. The van der Waals surface area contributed by atoms with E-state index in [1.807, 2.05) is 31.2 Å². The molecule has 0 radical (unpaired) electrons. The molecule has 0 aromatic heterocycles. The summed E-state index contributed by atoms with van der Waals surface area (Å²) in [5.41, 5.74) is 2.79. The van der Waals surface area contributed by atoms with E-state index >= 15 is 0 Å². The summed E-state index contributed by atoms with van der Waals surface area (Å²) < 4.78 is 22.4. The molecule has 1 N–H and O–H groups in total. The van der Waals surface area contributed by atoms with Crippen LogP contribution in [0.5, 0.6) is 23.0 Å². The van der Waals surface area contributed by atoms with Crippen molar-refractivity contribution in [2.45, 2.75) is 26.6 Å². The van der Waals surface area contributed by atoms with Gasteiger partial charge in [-0.05, 0) is 53.9 Å². The summed E-state index contributed by atoms with van der Waals surface area (Å²) in [7, 11) is 0. The van der Waals surface area contributed by atoms with E-state index in [4.69, 9.17) is 30.5 Å². The van der Waals surface area contributed by atoms with Gasteiger partial charge in [-0.3, -0.25) is 10.1 Å². The third-order valence-electron chi connectivity index (χ3n) is 5.04. The third-order valence-corrected chi connectivity index (χ3v) is 5.39. The fraction of sp³-hybridized carbons (Fsp3) is 0.250. The lowest BCUT2D eigenvalue weighted by molar-refractivity contribution is -0.384. The number of nitrogens with zero attached hydrogens (tertiary/aromatic N) is 1. The summed E-state index contributed by atoms with van der Waals surface area (Å²) in [6.07, 6.45) is 0. The van der Waals surface area contributed by atoms with E-state index in [1.165, 1.54) is 12.1 Å². The predicted octanol–water partition coefficient (Wildman–Crippen LogP) is 5.24. The minimum Gasteiger partial charge on any atom is -0.490 e. The highest BCUT2D eigenvalue weighted by atomic mass is 35.5. The molecule has 3 aromatic carbocycles. The van der Waals surface area contributed by atoms with Crippen LogP contribution >= 0.6 is 11.6 Å². The molecule has 3 aromatic rings. The Morgan fingerprint density at radius 2 is 1.70 bits per heavy atom. The van der Waals surface area contributed by atoms with Crippen LogP contribution < -0.4 is 24.3 Å². The lowest BCUT2D eigenvalue weighted by Crippen LogP contribution is -2.13. The largest absolute Gasteiger partial charge is 0.490 e. The molecular weight excluding hydrogens is 448 g/mol. The first-order valence-corrected chi connectivity index (χ1v) is 10.8. The predicted molar refractivity (Wildman–Crippen MR) is 123 cm³/mol. The minimum atomic E-state index is -0.434. The lowest BCUT2D eigenvalue weighted by Gasteiger charge is -2.15. The Labute approximate surface area is 196 Å². The van der Waals surface area contributed by atoms with E-state index in [0.717, 1.165) is 28.2 Å². The Hall–Kier alpha value is -3.49. The van der Waals surface area contributed by atoms with Crippen LogP contribution in [-0.2, 0) is 19.7 Å². The second kappa shape index (κ2) is 10.4. The van der Waals surface area contributed by atoms with Crippen molar-refractivity contribution >= 4 is 17.3 Å². The fourth-order valence-corrected chi connectivity index (χ4v) is 3.58. The molecule has 1 aliphatic rings. The SMILES string of the molecule is CCOc1cc(CNCc2ccc3c(c2)OCO3)c(Cl)cc1OCc1ccc([N+](=O)[O-])cc1. The van der Waals surface area contributed by atoms with Gasteiger partial charge in [-0.2, -0.15) is 0 Å². The molecule has 9 heteroatoms. The fourth-order valence-electron chi connectivity index (χ4n) is 3.36. The maximum absolute atomic E-state index is 10.8. The molecule has 0 fully saturated rings. The second-order valence-corrected chi connectivity index (χ2v) is 7.73. The molecule has 172 valence electrons. The van der Waals surface area contributed by atoms with Gasteiger partial charge < -0.3 is 24.3 Å². The molecule has 1 heterocycles. The Balaban J connectivity index is 1.39. The first kappa shape index (κ1) is 22.7. The summed E-state index contributed by atoms with van der Waals surface area (Å²) in [6, 6.07) is 15.7. The maximum atomic E-state index is 10.8. The summed E-state index contributed by atoms with van der Waals surface area (Å²) in [5, 5.41) is 14.7. The second-order valence-electron chi connectivity index (χ2n) is 7.33. The van der Waals surface area contributed by atoms with Crippen molar-refractivity contribution in [2.24, 2.45) is 0 Å². The van der Waals surface area contributed by atoms with Crippen LogP contribution in [0.15, 0.2) is 54.6 Å². The van der Waals surface area contributed by atoms with Crippen LogP contribution in [0.25, 0.3) is 0 Å². The van der Waals surface area contributed by atoms with Crippen LogP contribution in [0.4, 0.5) is 5.69 Å². The monoisotopic (exact) mass is 470 g/mol. The molecule has 0 saturated carbocycles. The van der Waals surface area contributed by atoms with Gasteiger partial charge in [0.05, 0.1) is 11.5 Å². The van der Waals surface area contributed by atoms with E-state index in [0.29, 0.717) is 36.2 Å². The summed E-state index contributed by atoms with van der Waals surface area (Å²) in [6.45, 7) is 4.02. The van der Waals surface area contributed by atoms with Gasteiger partial charge in [0.2, 0.25) is 6.79 Å². The zero-order valence-corrected chi connectivity index (χ0v) is 18.8. The molecule has 1 aliphatic heterocycles. The Bertz CT molecular complexity index is 1140. The van der Waals surface area contributed by atoms with E-state index < -0.39 is 4.92 Å². The van der Waals surface area contributed by atoms with E-state index in [-0.39, 0.29) is 19.1 Å². The minimum absolute atomic E-state index is 0.0365. The van der Waals surface area contributed by atoms with Crippen molar-refractivity contribution in [3.63, 3.8) is 0 Å². The zero-order chi connectivity index (χ0) is 23.2. The van der Waals surface area contributed by atoms with Gasteiger partial charge in [0.1, 0.15) is 6.61 Å². The first-order chi connectivity index (χ1) is 16.0. The van der Waals surface area contributed by atoms with Crippen molar-refractivity contribution in [3.8, 4) is 23.0 Å². The number of ether oxygens (including phenoxy) is 4. The maximum Gasteiger partial charge on any atom is 0.269 e. The third kappa shape index (κ3) is 5.66. The number of non-ortho nitro benzene ring substituents is 1. The van der Waals surface area contributed by atoms with Gasteiger partial charge in [0.25, 0.3) is 5.69 Å². The standard InChI is InChI=1S/C24H23ClN2O6/c1-2-30-23-10-18(13-26-12-17-5-8-21-22(9-17)33-15-32-21)20(25)11-24(23)31-14-16-3-6-19(7-4-16)27(28)29/h3-11,26H,2,12-15H2,1H3. The molecule has 0 aliphatic carbocycles. The average Bonchev–Trinajstić information content (AvgIpc) is 3.28. The van der Waals surface area contributed by atoms with Crippen LogP contribution in [0.1, 0.15) is 23.6 Å². The van der Waals surface area contributed by atoms with Crippen LogP contribution in [0, 0.1) is 10.1 Å². The molecule has 4 rings (SSSR count). The van der Waals surface area contributed by atoms with E-state index in [2.05, 4.69) is 5.32 Å². The van der Waals surface area contributed by atoms with E-state index in [9.17, 15) is 10.1 Å². The van der Waals surface area contributed by atoms with Gasteiger partial charge in [-0.25, -0.2) is 0 Å². The molecule has 0 bridgehead atoms. The summed E-state index contributed by atoms with van der Waals surface area (Å²) >= 11 is 6.51. The average molecular weight is 471 g/mol. The number of nitrogens with one attached hydrogen (secondary N) is 1. The molecule has 0 spiro atoms. The normalized spacial score (nSPS) is 11.9. The van der Waals surface area contributed by atoms with Crippen molar-refractivity contribution < 1.29 is 23.9 Å². The number of hydrogen-bond donors (Lipinski definition) is 1. The molecular formula is C24H23ClN2O6. The molecule has 0 saturated heterocycles. The van der Waals surface area contributed by atoms with E-state index in [1.54, 1.807) is 18.2 Å². The zero-order valence-electron chi connectivity index (χ0n) is 18.0. The smallest absolute Gasteiger partial charge is 0.269 e. The molecule has 8 nitrogen and oxygen atoms in total. The highest BCUT2D eigenvalue weighted by molar-refractivity contribution is 6.31. The summed E-state index contributed by atoms with van der Waals surface area (Å²) in [4.78, 5) is 10.4. The Morgan fingerprint density at radius 1 is 0.970 bits per heavy atom. The van der Waals surface area contributed by atoms with Gasteiger partial charge in [0, 0.05) is 36.3 Å². The van der Waals surface area contributed by atoms with Crippen LogP contribution in [0.3, 0.4) is 0 Å². The number of nitro groups is 1. The van der Waals surface area contributed by atoms with Crippen molar-refractivity contribution in [3.05, 3.63) is 86.4 Å². The number of hydrogen-bond acceptors (Lipinski definition) is 7. The lowest BCUT2D eigenvalue weighted by atomic mass is 10.1. The number of halogens is 1. The number of nitro benzene ring substituents is 1. The Kier molecular flexibility index (Phi) is 7.16. The molecule has 0 amide bonds. The van der Waals surface area contributed by atoms with Gasteiger partial charge in [-0.15, -0.1) is 0 Å². The molecule has 0 atom stereocenters. The topological polar surface area (TPSA) is 92.1 Å². The van der Waals surface area contributed by atoms with Gasteiger partial charge in [-0.1, -0.05) is 17.7 Å². The Morgan fingerprint density at radius 3 is 2.45 bits per heavy atom. The van der Waals surface area contributed by atoms with Gasteiger partial charge >= 0.3 is 0 Å². The highest BCUT2D eigenvalue weighted by Gasteiger charge is 2.14. The highest BCUT2D eigenvalue weighted by Crippen LogP contribution is 2.35. The van der Waals surface area contributed by atoms with Crippen LogP contribution in [-0.4, -0.2) is 18.3 Å². The number of rotatable bonds is 10. The van der Waals surface area contributed by atoms with Crippen molar-refractivity contribution in [1.82, 2.24) is 5.32 Å². The van der Waals surface area contributed by atoms with Crippen molar-refractivity contribution in [1.29, 1.82) is 0 Å². The van der Waals surface area contributed by atoms with Crippen molar-refractivity contribution in [2.75, 3.05) is 13.4 Å². The molecule has 33 heavy (non-hydrogen) atoms. The first-order valence-electron chi connectivity index (χ1n) is 10.4.